The first kappa shape index (κ1) is 14.9. The highest BCUT2D eigenvalue weighted by Gasteiger charge is 2.27. The Hall–Kier alpha value is -0.120. The van der Waals surface area contributed by atoms with Crippen LogP contribution in [0.4, 0.5) is 0 Å². The zero-order chi connectivity index (χ0) is 12.7. The SMILES string of the molecule is CCCC(C)(CO)CN(CC)CC1CCCO1. The summed E-state index contributed by atoms with van der Waals surface area (Å²) in [5.41, 5.74) is 0.0450. The van der Waals surface area contributed by atoms with Crippen molar-refractivity contribution in [2.75, 3.05) is 32.8 Å². The molecule has 0 amide bonds. The number of nitrogens with zero attached hydrogens (tertiary/aromatic N) is 1. The Morgan fingerprint density at radius 2 is 2.18 bits per heavy atom. The molecule has 17 heavy (non-hydrogen) atoms. The predicted molar refractivity (Wildman–Crippen MR) is 71.2 cm³/mol. The average molecular weight is 243 g/mol. The summed E-state index contributed by atoms with van der Waals surface area (Å²) in [6.07, 6.45) is 5.04. The van der Waals surface area contributed by atoms with E-state index in [1.165, 1.54) is 12.8 Å². The number of likely N-dealkylation sites (N-methyl/N-ethyl adjacent to an activating group) is 1. The second-order valence-electron chi connectivity index (χ2n) is 5.68. The molecule has 102 valence electrons. The van der Waals surface area contributed by atoms with Crippen molar-refractivity contribution < 1.29 is 9.84 Å². The van der Waals surface area contributed by atoms with E-state index in [9.17, 15) is 5.11 Å². The first-order valence-corrected chi connectivity index (χ1v) is 7.08. The van der Waals surface area contributed by atoms with Crippen LogP contribution < -0.4 is 0 Å². The maximum absolute atomic E-state index is 9.56. The molecule has 0 radical (unpaired) electrons. The lowest BCUT2D eigenvalue weighted by molar-refractivity contribution is 0.0386. The van der Waals surface area contributed by atoms with Crippen LogP contribution in [0.3, 0.4) is 0 Å². The van der Waals surface area contributed by atoms with Crippen LogP contribution in [0, 0.1) is 5.41 Å². The van der Waals surface area contributed by atoms with Crippen molar-refractivity contribution in [2.45, 2.75) is 52.6 Å². The van der Waals surface area contributed by atoms with Gasteiger partial charge in [-0.15, -0.1) is 0 Å². The monoisotopic (exact) mass is 243 g/mol. The summed E-state index contributed by atoms with van der Waals surface area (Å²) in [7, 11) is 0. The Morgan fingerprint density at radius 1 is 1.41 bits per heavy atom. The quantitative estimate of drug-likeness (QED) is 0.710. The van der Waals surface area contributed by atoms with E-state index in [0.717, 1.165) is 39.1 Å². The molecule has 0 aliphatic carbocycles. The van der Waals surface area contributed by atoms with Gasteiger partial charge in [-0.3, -0.25) is 0 Å². The molecule has 3 heteroatoms. The van der Waals surface area contributed by atoms with E-state index < -0.39 is 0 Å². The Bertz CT molecular complexity index is 204. The van der Waals surface area contributed by atoms with Crippen LogP contribution in [-0.2, 0) is 4.74 Å². The van der Waals surface area contributed by atoms with Gasteiger partial charge in [0, 0.05) is 31.7 Å². The van der Waals surface area contributed by atoms with Crippen LogP contribution in [0.1, 0.15) is 46.5 Å². The largest absolute Gasteiger partial charge is 0.396 e. The highest BCUT2D eigenvalue weighted by atomic mass is 16.5. The topological polar surface area (TPSA) is 32.7 Å². The van der Waals surface area contributed by atoms with Crippen LogP contribution in [0.2, 0.25) is 0 Å². The van der Waals surface area contributed by atoms with Gasteiger partial charge in [0.1, 0.15) is 0 Å². The molecule has 1 saturated heterocycles. The van der Waals surface area contributed by atoms with Crippen LogP contribution in [0.25, 0.3) is 0 Å². The zero-order valence-electron chi connectivity index (χ0n) is 11.7. The predicted octanol–water partition coefficient (Wildman–Crippen LogP) is 2.29. The number of hydrogen-bond acceptors (Lipinski definition) is 3. The fourth-order valence-electron chi connectivity index (χ4n) is 2.73. The highest BCUT2D eigenvalue weighted by molar-refractivity contribution is 4.79. The Morgan fingerprint density at radius 3 is 2.65 bits per heavy atom. The van der Waals surface area contributed by atoms with Crippen molar-refractivity contribution in [1.29, 1.82) is 0 Å². The van der Waals surface area contributed by atoms with Gasteiger partial charge < -0.3 is 14.7 Å². The van der Waals surface area contributed by atoms with Gasteiger partial charge in [-0.05, 0) is 25.8 Å². The van der Waals surface area contributed by atoms with E-state index in [2.05, 4.69) is 25.7 Å². The first-order chi connectivity index (χ1) is 8.13. The lowest BCUT2D eigenvalue weighted by Gasteiger charge is -2.34. The Balaban J connectivity index is 2.42. The highest BCUT2D eigenvalue weighted by Crippen LogP contribution is 2.24. The number of hydrogen-bond donors (Lipinski definition) is 1. The van der Waals surface area contributed by atoms with E-state index in [1.54, 1.807) is 0 Å². The maximum Gasteiger partial charge on any atom is 0.0702 e. The molecule has 1 fully saturated rings. The summed E-state index contributed by atoms with van der Waals surface area (Å²) in [5, 5.41) is 9.56. The summed E-state index contributed by atoms with van der Waals surface area (Å²) >= 11 is 0. The van der Waals surface area contributed by atoms with Gasteiger partial charge in [0.05, 0.1) is 6.10 Å². The van der Waals surface area contributed by atoms with Gasteiger partial charge in [0.25, 0.3) is 0 Å². The fourth-order valence-corrected chi connectivity index (χ4v) is 2.73. The molecule has 1 heterocycles. The molecule has 0 aromatic heterocycles. The molecule has 0 aromatic rings. The molecule has 3 nitrogen and oxygen atoms in total. The Labute approximate surface area is 106 Å². The molecular formula is C14H29NO2. The van der Waals surface area contributed by atoms with Gasteiger partial charge in [-0.2, -0.15) is 0 Å². The minimum Gasteiger partial charge on any atom is -0.396 e. The second-order valence-corrected chi connectivity index (χ2v) is 5.68. The van der Waals surface area contributed by atoms with Crippen molar-refractivity contribution >= 4 is 0 Å². The molecule has 1 N–H and O–H groups in total. The molecule has 2 unspecified atom stereocenters. The van der Waals surface area contributed by atoms with E-state index in [0.29, 0.717) is 6.10 Å². The Kier molecular flexibility index (Phi) is 6.45. The molecule has 1 rings (SSSR count). The average Bonchev–Trinajstić information content (AvgIpc) is 2.81. The van der Waals surface area contributed by atoms with Crippen molar-refractivity contribution in [3.05, 3.63) is 0 Å². The lowest BCUT2D eigenvalue weighted by Crippen LogP contribution is -2.41. The standard InChI is InChI=1S/C14H29NO2/c1-4-8-14(3,12-16)11-15(5-2)10-13-7-6-9-17-13/h13,16H,4-12H2,1-3H3. The lowest BCUT2D eigenvalue weighted by atomic mass is 9.86. The minimum atomic E-state index is 0.0450. The van der Waals surface area contributed by atoms with Crippen LogP contribution in [0.15, 0.2) is 0 Å². The molecule has 1 aliphatic rings. The maximum atomic E-state index is 9.56. The third-order valence-corrected chi connectivity index (χ3v) is 3.77. The van der Waals surface area contributed by atoms with Crippen molar-refractivity contribution in [1.82, 2.24) is 4.90 Å². The van der Waals surface area contributed by atoms with E-state index >= 15 is 0 Å². The molecule has 0 saturated carbocycles. The van der Waals surface area contributed by atoms with Gasteiger partial charge in [0.15, 0.2) is 0 Å². The summed E-state index contributed by atoms with van der Waals surface area (Å²) in [4.78, 5) is 2.43. The van der Waals surface area contributed by atoms with Gasteiger partial charge in [-0.1, -0.05) is 27.2 Å². The number of aliphatic hydroxyl groups excluding tert-OH is 1. The fraction of sp³-hybridized carbons (Fsp3) is 1.00. The first-order valence-electron chi connectivity index (χ1n) is 7.08. The van der Waals surface area contributed by atoms with Crippen LogP contribution in [-0.4, -0.2) is 49.0 Å². The zero-order valence-corrected chi connectivity index (χ0v) is 11.7. The van der Waals surface area contributed by atoms with Crippen molar-refractivity contribution in [3.63, 3.8) is 0 Å². The molecule has 0 bridgehead atoms. The van der Waals surface area contributed by atoms with Crippen LogP contribution >= 0.6 is 0 Å². The van der Waals surface area contributed by atoms with Gasteiger partial charge in [0.2, 0.25) is 0 Å². The van der Waals surface area contributed by atoms with Crippen molar-refractivity contribution in [3.8, 4) is 0 Å². The number of rotatable bonds is 8. The molecule has 0 aromatic carbocycles. The van der Waals surface area contributed by atoms with Crippen LogP contribution in [0.5, 0.6) is 0 Å². The van der Waals surface area contributed by atoms with E-state index in [-0.39, 0.29) is 12.0 Å². The van der Waals surface area contributed by atoms with Gasteiger partial charge in [-0.25, -0.2) is 0 Å². The smallest absolute Gasteiger partial charge is 0.0702 e. The molecule has 0 spiro atoms. The third kappa shape index (κ3) is 4.94. The summed E-state index contributed by atoms with van der Waals surface area (Å²) in [6, 6.07) is 0. The summed E-state index contributed by atoms with van der Waals surface area (Å²) < 4.78 is 5.69. The normalized spacial score (nSPS) is 24.2. The molecule has 2 atom stereocenters. The summed E-state index contributed by atoms with van der Waals surface area (Å²) in [6.45, 7) is 10.8. The number of aliphatic hydroxyl groups is 1. The van der Waals surface area contributed by atoms with Gasteiger partial charge >= 0.3 is 0 Å². The van der Waals surface area contributed by atoms with E-state index in [1.807, 2.05) is 0 Å². The molecule has 1 aliphatic heterocycles. The third-order valence-electron chi connectivity index (χ3n) is 3.77. The number of ether oxygens (including phenoxy) is 1. The van der Waals surface area contributed by atoms with Crippen molar-refractivity contribution in [2.24, 2.45) is 5.41 Å². The minimum absolute atomic E-state index is 0.0450. The summed E-state index contributed by atoms with van der Waals surface area (Å²) in [5.74, 6) is 0. The van der Waals surface area contributed by atoms with E-state index in [4.69, 9.17) is 4.74 Å². The molecular weight excluding hydrogens is 214 g/mol. The second kappa shape index (κ2) is 7.34.